The van der Waals surface area contributed by atoms with E-state index < -0.39 is 0 Å². The zero-order chi connectivity index (χ0) is 13.8. The molecule has 0 spiro atoms. The maximum atomic E-state index is 11.0. The van der Waals surface area contributed by atoms with Crippen molar-refractivity contribution in [2.75, 3.05) is 19.0 Å². The van der Waals surface area contributed by atoms with Crippen LogP contribution in [0.3, 0.4) is 0 Å². The molecule has 0 atom stereocenters. The van der Waals surface area contributed by atoms with Crippen molar-refractivity contribution in [3.8, 4) is 0 Å². The highest BCUT2D eigenvalue weighted by Crippen LogP contribution is 2.22. The van der Waals surface area contributed by atoms with Gasteiger partial charge in [0, 0.05) is 18.0 Å². The number of ether oxygens (including phenoxy) is 1. The first-order valence-electron chi connectivity index (χ1n) is 5.68. The van der Waals surface area contributed by atoms with Crippen LogP contribution in [-0.2, 0) is 14.9 Å². The van der Waals surface area contributed by atoms with E-state index in [0.717, 1.165) is 0 Å². The van der Waals surface area contributed by atoms with Crippen LogP contribution < -0.4 is 5.32 Å². The van der Waals surface area contributed by atoms with Crippen molar-refractivity contribution in [1.82, 2.24) is 9.97 Å². The summed E-state index contributed by atoms with van der Waals surface area (Å²) >= 11 is 5.94. The molecule has 1 N–H and O–H groups in total. The minimum atomic E-state index is -0.265. The van der Waals surface area contributed by atoms with Gasteiger partial charge in [0.25, 0.3) is 0 Å². The average Bonchev–Trinajstić information content (AvgIpc) is 2.27. The van der Waals surface area contributed by atoms with E-state index >= 15 is 0 Å². The molecule has 1 aromatic rings. The van der Waals surface area contributed by atoms with Crippen LogP contribution in [0.4, 0.5) is 5.82 Å². The minimum absolute atomic E-state index is 0.177. The highest BCUT2D eigenvalue weighted by Gasteiger charge is 2.18. The Balaban J connectivity index is 2.72. The molecular formula is C12H18ClN3O2. The normalized spacial score (nSPS) is 11.2. The quantitative estimate of drug-likeness (QED) is 0.673. The lowest BCUT2D eigenvalue weighted by Gasteiger charge is -2.17. The first kappa shape index (κ1) is 14.7. The van der Waals surface area contributed by atoms with E-state index in [1.807, 2.05) is 20.8 Å². The maximum Gasteiger partial charge on any atom is 0.307 e. The van der Waals surface area contributed by atoms with Gasteiger partial charge in [-0.1, -0.05) is 32.4 Å². The third-order valence-corrected chi connectivity index (χ3v) is 2.42. The van der Waals surface area contributed by atoms with Gasteiger partial charge in [-0.05, 0) is 0 Å². The number of carbonyl (C=O) groups excluding carboxylic acids is 1. The summed E-state index contributed by atoms with van der Waals surface area (Å²) in [6.45, 7) is 6.48. The number of halogens is 1. The fourth-order valence-corrected chi connectivity index (χ4v) is 1.42. The monoisotopic (exact) mass is 271 g/mol. The molecule has 5 nitrogen and oxygen atoms in total. The molecule has 18 heavy (non-hydrogen) atoms. The summed E-state index contributed by atoms with van der Waals surface area (Å²) in [7, 11) is 1.36. The largest absolute Gasteiger partial charge is 0.469 e. The summed E-state index contributed by atoms with van der Waals surface area (Å²) in [4.78, 5) is 19.5. The molecule has 1 aromatic heterocycles. The Hall–Kier alpha value is -1.36. The zero-order valence-corrected chi connectivity index (χ0v) is 11.8. The van der Waals surface area contributed by atoms with Gasteiger partial charge in [-0.25, -0.2) is 9.97 Å². The number of aromatic nitrogens is 2. The van der Waals surface area contributed by atoms with Gasteiger partial charge in [0.15, 0.2) is 0 Å². The lowest BCUT2D eigenvalue weighted by Crippen LogP contribution is -2.18. The average molecular weight is 272 g/mol. The Morgan fingerprint density at radius 1 is 1.44 bits per heavy atom. The van der Waals surface area contributed by atoms with Crippen LogP contribution in [0.2, 0.25) is 5.15 Å². The highest BCUT2D eigenvalue weighted by atomic mass is 35.5. The molecule has 1 rings (SSSR count). The summed E-state index contributed by atoms with van der Waals surface area (Å²) in [5, 5.41) is 3.41. The lowest BCUT2D eigenvalue weighted by molar-refractivity contribution is -0.140. The number of methoxy groups -OCH3 is 1. The Bertz CT molecular complexity index is 430. The fourth-order valence-electron chi connectivity index (χ4n) is 1.24. The topological polar surface area (TPSA) is 64.1 Å². The minimum Gasteiger partial charge on any atom is -0.469 e. The van der Waals surface area contributed by atoms with Crippen LogP contribution in [0, 0.1) is 0 Å². The number of rotatable bonds is 4. The summed E-state index contributed by atoms with van der Waals surface area (Å²) in [5.74, 6) is 1.01. The van der Waals surface area contributed by atoms with E-state index in [9.17, 15) is 4.79 Å². The molecule has 0 amide bonds. The van der Waals surface area contributed by atoms with E-state index in [1.165, 1.54) is 7.11 Å². The van der Waals surface area contributed by atoms with Gasteiger partial charge in [-0.15, -0.1) is 0 Å². The Labute approximate surface area is 112 Å². The number of nitrogens with one attached hydrogen (secondary N) is 1. The Kier molecular flexibility index (Phi) is 4.90. The second-order valence-electron chi connectivity index (χ2n) is 4.90. The van der Waals surface area contributed by atoms with Crippen molar-refractivity contribution in [3.05, 3.63) is 17.0 Å². The maximum absolute atomic E-state index is 11.0. The third-order valence-electron chi connectivity index (χ3n) is 2.23. The molecule has 0 bridgehead atoms. The van der Waals surface area contributed by atoms with Crippen molar-refractivity contribution in [2.24, 2.45) is 0 Å². The van der Waals surface area contributed by atoms with Crippen molar-refractivity contribution >= 4 is 23.4 Å². The van der Waals surface area contributed by atoms with Crippen LogP contribution in [-0.4, -0.2) is 29.6 Å². The second-order valence-corrected chi connectivity index (χ2v) is 5.29. The van der Waals surface area contributed by atoms with E-state index in [1.54, 1.807) is 6.07 Å². The number of carbonyl (C=O) groups is 1. The first-order chi connectivity index (χ1) is 8.32. The molecule has 0 aliphatic rings. The number of esters is 1. The van der Waals surface area contributed by atoms with Gasteiger partial charge < -0.3 is 10.1 Å². The smallest absolute Gasteiger partial charge is 0.307 e. The van der Waals surface area contributed by atoms with E-state index in [-0.39, 0.29) is 17.8 Å². The van der Waals surface area contributed by atoms with Crippen LogP contribution in [0.5, 0.6) is 0 Å². The van der Waals surface area contributed by atoms with Gasteiger partial charge in [0.1, 0.15) is 16.8 Å². The fraction of sp³-hybridized carbons (Fsp3) is 0.583. The number of nitrogens with zero attached hydrogens (tertiary/aromatic N) is 2. The molecule has 100 valence electrons. The van der Waals surface area contributed by atoms with Crippen LogP contribution in [0.15, 0.2) is 6.07 Å². The summed E-state index contributed by atoms with van der Waals surface area (Å²) < 4.78 is 4.55. The van der Waals surface area contributed by atoms with Crippen molar-refractivity contribution in [3.63, 3.8) is 0 Å². The molecule has 0 unspecified atom stereocenters. The second kappa shape index (κ2) is 6.00. The van der Waals surface area contributed by atoms with Crippen molar-refractivity contribution in [1.29, 1.82) is 0 Å². The molecule has 1 heterocycles. The molecule has 0 fully saturated rings. The number of anilines is 1. The first-order valence-corrected chi connectivity index (χ1v) is 6.06. The van der Waals surface area contributed by atoms with Crippen LogP contribution in [0.25, 0.3) is 0 Å². The summed E-state index contributed by atoms with van der Waals surface area (Å²) in [6.07, 6.45) is 0.281. The standard InChI is InChI=1S/C12H18ClN3O2/c1-12(2,3)11-15-8(13)7-9(16-11)14-6-5-10(17)18-4/h7H,5-6H2,1-4H3,(H,14,15,16). The van der Waals surface area contributed by atoms with Gasteiger partial charge in [-0.3, -0.25) is 4.79 Å². The molecule has 6 heteroatoms. The van der Waals surface area contributed by atoms with Crippen LogP contribution in [0.1, 0.15) is 33.0 Å². The van der Waals surface area contributed by atoms with Gasteiger partial charge >= 0.3 is 5.97 Å². The van der Waals surface area contributed by atoms with Gasteiger partial charge in [0.2, 0.25) is 0 Å². The predicted molar refractivity (Wildman–Crippen MR) is 70.9 cm³/mol. The molecule has 0 aliphatic carbocycles. The van der Waals surface area contributed by atoms with Gasteiger partial charge in [-0.2, -0.15) is 0 Å². The Morgan fingerprint density at radius 2 is 2.11 bits per heavy atom. The Morgan fingerprint density at radius 3 is 2.67 bits per heavy atom. The molecule has 0 radical (unpaired) electrons. The number of hydrogen-bond acceptors (Lipinski definition) is 5. The molecule has 0 aromatic carbocycles. The molecular weight excluding hydrogens is 254 g/mol. The molecule has 0 saturated carbocycles. The van der Waals surface area contributed by atoms with E-state index in [0.29, 0.717) is 23.3 Å². The summed E-state index contributed by atoms with van der Waals surface area (Å²) in [6, 6.07) is 1.63. The van der Waals surface area contributed by atoms with Gasteiger partial charge in [0.05, 0.1) is 13.5 Å². The van der Waals surface area contributed by atoms with Crippen molar-refractivity contribution in [2.45, 2.75) is 32.6 Å². The SMILES string of the molecule is COC(=O)CCNc1cc(Cl)nc(C(C)(C)C)n1. The molecule has 0 saturated heterocycles. The summed E-state index contributed by atoms with van der Waals surface area (Å²) in [5.41, 5.74) is -0.177. The third kappa shape index (κ3) is 4.49. The highest BCUT2D eigenvalue weighted by molar-refractivity contribution is 6.29. The predicted octanol–water partition coefficient (Wildman–Crippen LogP) is 2.40. The number of hydrogen-bond donors (Lipinski definition) is 1. The van der Waals surface area contributed by atoms with Crippen molar-refractivity contribution < 1.29 is 9.53 Å². The lowest BCUT2D eigenvalue weighted by atomic mass is 9.96. The van der Waals surface area contributed by atoms with Crippen LogP contribution >= 0.6 is 11.6 Å². The zero-order valence-electron chi connectivity index (χ0n) is 11.1. The van der Waals surface area contributed by atoms with E-state index in [4.69, 9.17) is 11.6 Å². The molecule has 0 aliphatic heterocycles. The van der Waals surface area contributed by atoms with E-state index in [2.05, 4.69) is 20.0 Å².